The Morgan fingerprint density at radius 2 is 1.74 bits per heavy atom. The van der Waals surface area contributed by atoms with E-state index in [9.17, 15) is 29.5 Å². The topological polar surface area (TPSA) is 84.7 Å². The number of benzene rings is 1. The molecule has 0 unspecified atom stereocenters. The summed E-state index contributed by atoms with van der Waals surface area (Å²) in [4.78, 5) is 9.42. The first-order valence-corrected chi connectivity index (χ1v) is 9.83. The van der Waals surface area contributed by atoms with Gasteiger partial charge in [0.2, 0.25) is 5.91 Å². The lowest BCUT2D eigenvalue weighted by Gasteiger charge is -2.40. The number of halogens is 7. The van der Waals surface area contributed by atoms with Gasteiger partial charge < -0.3 is 5.73 Å². The lowest BCUT2D eigenvalue weighted by molar-refractivity contribution is -0.120. The molecule has 1 aromatic carbocycles. The van der Waals surface area contributed by atoms with Gasteiger partial charge >= 0.3 is 10.2 Å². The standard InChI is InChI=1S/C14H9Cl2F5N4OS/c15-9-3-7(27(17,18,19,20)21)4-10(16)12(9)25-6-8(11(5-22)24-25)14(1-2-14)13(23)26/h3-4,6H,1-2H2,(H2,23,26). The molecule has 0 atom stereocenters. The van der Waals surface area contributed by atoms with Crippen molar-refractivity contribution in [3.8, 4) is 11.8 Å². The lowest BCUT2D eigenvalue weighted by atomic mass is 9.96. The molecule has 0 spiro atoms. The quantitative estimate of drug-likeness (QED) is 0.652. The van der Waals surface area contributed by atoms with Crippen LogP contribution in [0.3, 0.4) is 0 Å². The van der Waals surface area contributed by atoms with Crippen molar-refractivity contribution in [1.29, 1.82) is 5.26 Å². The summed E-state index contributed by atoms with van der Waals surface area (Å²) in [6.45, 7) is 0. The molecule has 146 valence electrons. The molecule has 0 radical (unpaired) electrons. The fraction of sp³-hybridized carbons (Fsp3) is 0.214. The molecule has 1 fully saturated rings. The molecule has 0 saturated heterocycles. The van der Waals surface area contributed by atoms with E-state index in [-0.39, 0.29) is 29.1 Å². The van der Waals surface area contributed by atoms with Crippen LogP contribution in [-0.4, -0.2) is 15.7 Å². The van der Waals surface area contributed by atoms with E-state index in [1.165, 1.54) is 6.20 Å². The maximum atomic E-state index is 13.0. The van der Waals surface area contributed by atoms with Gasteiger partial charge in [0.15, 0.2) is 5.69 Å². The van der Waals surface area contributed by atoms with Crippen molar-refractivity contribution in [2.24, 2.45) is 5.73 Å². The van der Waals surface area contributed by atoms with Crippen LogP contribution in [-0.2, 0) is 10.2 Å². The third kappa shape index (κ3) is 3.33. The zero-order chi connectivity index (χ0) is 20.5. The molecular weight excluding hydrogens is 438 g/mol. The SMILES string of the molecule is N#Cc1nn(-c2c(Cl)cc(S(F)(F)(F)(F)F)cc2Cl)cc1C1(C(N)=O)CC1. The van der Waals surface area contributed by atoms with Gasteiger partial charge in [-0.1, -0.05) is 42.6 Å². The van der Waals surface area contributed by atoms with E-state index < -0.39 is 36.5 Å². The van der Waals surface area contributed by atoms with E-state index >= 15 is 0 Å². The first-order chi connectivity index (χ1) is 12.1. The summed E-state index contributed by atoms with van der Waals surface area (Å²) in [6.07, 6.45) is 1.92. The molecule has 1 aliphatic rings. The Morgan fingerprint density at radius 3 is 2.11 bits per heavy atom. The Bertz CT molecular complexity index is 1020. The normalized spacial score (nSPS) is 18.3. The van der Waals surface area contributed by atoms with E-state index in [4.69, 9.17) is 28.9 Å². The van der Waals surface area contributed by atoms with Crippen molar-refractivity contribution in [3.63, 3.8) is 0 Å². The molecule has 2 aromatic rings. The third-order valence-corrected chi connectivity index (χ3v) is 5.93. The second-order valence-corrected chi connectivity index (χ2v) is 9.32. The molecule has 27 heavy (non-hydrogen) atoms. The Kier molecular flexibility index (Phi) is 3.70. The smallest absolute Gasteiger partial charge is 0.310 e. The summed E-state index contributed by atoms with van der Waals surface area (Å²) in [5.41, 5.74) is 3.87. The van der Waals surface area contributed by atoms with Gasteiger partial charge in [-0.15, -0.1) is 0 Å². The number of hydrogen-bond donors (Lipinski definition) is 1. The van der Waals surface area contributed by atoms with Crippen LogP contribution in [0.4, 0.5) is 19.4 Å². The number of aromatic nitrogens is 2. The Hall–Kier alpha value is -2.03. The minimum atomic E-state index is -9.99. The summed E-state index contributed by atoms with van der Waals surface area (Å²) >= 11 is 11.5. The van der Waals surface area contributed by atoms with Crippen molar-refractivity contribution in [3.05, 3.63) is 39.6 Å². The molecule has 1 heterocycles. The van der Waals surface area contributed by atoms with Crippen LogP contribution >= 0.6 is 33.4 Å². The maximum absolute atomic E-state index is 13.0. The number of nitrogens with two attached hydrogens (primary N) is 1. The number of nitrogens with zero attached hydrogens (tertiary/aromatic N) is 3. The van der Waals surface area contributed by atoms with Gasteiger partial charge in [-0.25, -0.2) is 4.68 Å². The highest BCUT2D eigenvalue weighted by molar-refractivity contribution is 8.45. The number of rotatable bonds is 4. The van der Waals surface area contributed by atoms with Gasteiger partial charge in [-0.05, 0) is 25.0 Å². The van der Waals surface area contributed by atoms with Gasteiger partial charge in [0.05, 0.1) is 15.5 Å². The van der Waals surface area contributed by atoms with E-state index in [2.05, 4.69) is 5.10 Å². The molecule has 1 aromatic heterocycles. The molecule has 13 heteroatoms. The monoisotopic (exact) mass is 446 g/mol. The fourth-order valence-corrected chi connectivity index (χ4v) is 4.15. The molecule has 5 nitrogen and oxygen atoms in total. The highest BCUT2D eigenvalue weighted by atomic mass is 35.5. The van der Waals surface area contributed by atoms with Gasteiger partial charge in [0.25, 0.3) is 0 Å². The minimum Gasteiger partial charge on any atom is -0.369 e. The molecule has 1 saturated carbocycles. The van der Waals surface area contributed by atoms with E-state index in [0.717, 1.165) is 4.68 Å². The Labute approximate surface area is 159 Å². The van der Waals surface area contributed by atoms with Gasteiger partial charge in [-0.2, -0.15) is 10.4 Å². The zero-order valence-corrected chi connectivity index (χ0v) is 15.4. The van der Waals surface area contributed by atoms with Crippen LogP contribution in [0.5, 0.6) is 0 Å². The number of primary amides is 1. The fourth-order valence-electron chi connectivity index (χ4n) is 2.68. The van der Waals surface area contributed by atoms with Crippen molar-refractivity contribution in [2.75, 3.05) is 0 Å². The van der Waals surface area contributed by atoms with Crippen molar-refractivity contribution >= 4 is 39.3 Å². The minimum absolute atomic E-state index is 0.0404. The predicted molar refractivity (Wildman–Crippen MR) is 89.8 cm³/mol. The largest absolute Gasteiger partial charge is 0.369 e. The summed E-state index contributed by atoms with van der Waals surface area (Å²) in [5.74, 6) is -0.688. The predicted octanol–water partition coefficient (Wildman–Crippen LogP) is 5.23. The first kappa shape index (κ1) is 19.7. The average Bonchev–Trinajstić information content (AvgIpc) is 3.19. The summed E-state index contributed by atoms with van der Waals surface area (Å²) < 4.78 is 65.8. The van der Waals surface area contributed by atoms with E-state index in [1.54, 1.807) is 6.07 Å². The number of nitriles is 1. The molecule has 2 N–H and O–H groups in total. The number of carbonyl (C=O) groups excluding carboxylic acids is 1. The number of hydrogen-bond acceptors (Lipinski definition) is 3. The summed E-state index contributed by atoms with van der Waals surface area (Å²) in [5, 5.41) is 11.6. The van der Waals surface area contributed by atoms with E-state index in [0.29, 0.717) is 12.8 Å². The molecule has 0 bridgehead atoms. The van der Waals surface area contributed by atoms with Crippen LogP contribution in [0, 0.1) is 11.3 Å². The average molecular weight is 447 g/mol. The second kappa shape index (κ2) is 5.06. The van der Waals surface area contributed by atoms with Crippen LogP contribution in [0.25, 0.3) is 5.69 Å². The molecule has 0 aliphatic heterocycles. The maximum Gasteiger partial charge on any atom is 0.310 e. The summed E-state index contributed by atoms with van der Waals surface area (Å²) in [6, 6.07) is 1.83. The highest BCUT2D eigenvalue weighted by Crippen LogP contribution is 3.02. The van der Waals surface area contributed by atoms with Crippen LogP contribution in [0.15, 0.2) is 23.2 Å². The molecule has 3 rings (SSSR count). The number of carbonyl (C=O) groups is 1. The zero-order valence-electron chi connectivity index (χ0n) is 13.0. The highest BCUT2D eigenvalue weighted by Gasteiger charge is 2.65. The number of amides is 1. The van der Waals surface area contributed by atoms with Gasteiger partial charge in [-0.3, -0.25) is 4.79 Å². The van der Waals surface area contributed by atoms with Gasteiger partial charge in [0.1, 0.15) is 16.7 Å². The van der Waals surface area contributed by atoms with Crippen molar-refractivity contribution < 1.29 is 24.2 Å². The van der Waals surface area contributed by atoms with Crippen molar-refractivity contribution in [1.82, 2.24) is 9.78 Å². The molecular formula is C14H9Cl2F5N4OS. The lowest BCUT2D eigenvalue weighted by Crippen LogP contribution is -2.28. The Balaban J connectivity index is 2.19. The van der Waals surface area contributed by atoms with Crippen LogP contribution in [0.2, 0.25) is 10.0 Å². The van der Waals surface area contributed by atoms with E-state index in [1.807, 2.05) is 0 Å². The Morgan fingerprint density at radius 1 is 1.22 bits per heavy atom. The van der Waals surface area contributed by atoms with Crippen molar-refractivity contribution in [2.45, 2.75) is 23.2 Å². The summed E-state index contributed by atoms with van der Waals surface area (Å²) in [7, 11) is -9.99. The second-order valence-electron chi connectivity index (χ2n) is 6.10. The molecule has 1 aliphatic carbocycles. The third-order valence-electron chi connectivity index (χ3n) is 4.22. The van der Waals surface area contributed by atoms with Crippen LogP contribution < -0.4 is 5.73 Å². The first-order valence-electron chi connectivity index (χ1n) is 7.13. The van der Waals surface area contributed by atoms with Crippen LogP contribution in [0.1, 0.15) is 24.1 Å². The van der Waals surface area contributed by atoms with Gasteiger partial charge in [0, 0.05) is 11.8 Å². The molecule has 1 amide bonds.